The summed E-state index contributed by atoms with van der Waals surface area (Å²) in [5, 5.41) is 2.82. The van der Waals surface area contributed by atoms with Crippen LogP contribution in [-0.2, 0) is 28.0 Å². The van der Waals surface area contributed by atoms with Gasteiger partial charge >= 0.3 is 0 Å². The molecule has 0 bridgehead atoms. The van der Waals surface area contributed by atoms with E-state index in [1.165, 1.54) is 24.3 Å². The van der Waals surface area contributed by atoms with E-state index in [0.717, 1.165) is 26.6 Å². The second kappa shape index (κ2) is 11.9. The van der Waals surface area contributed by atoms with Crippen molar-refractivity contribution in [3.63, 3.8) is 0 Å². The molecule has 4 aromatic carbocycles. The number of anilines is 1. The van der Waals surface area contributed by atoms with Crippen LogP contribution in [0.25, 0.3) is 0 Å². The standard InChI is InChI=1S/C30H29FN2O4S/c1-22-7-6-10-29(23(22)2)33(38(35,36)28-8-4-3-5-9-28)20-30(34)32-19-24-13-17-27(18-14-24)37-21-25-11-15-26(31)16-12-25/h3-18H,19-21H2,1-2H3,(H,32,34). The number of halogens is 1. The number of carbonyl (C=O) groups is 1. The highest BCUT2D eigenvalue weighted by atomic mass is 32.2. The molecule has 196 valence electrons. The number of ether oxygens (including phenoxy) is 1. The lowest BCUT2D eigenvalue weighted by Gasteiger charge is -2.26. The van der Waals surface area contributed by atoms with Gasteiger partial charge in [-0.3, -0.25) is 9.10 Å². The molecule has 0 fully saturated rings. The Morgan fingerprint density at radius 2 is 1.50 bits per heavy atom. The number of aryl methyl sites for hydroxylation is 1. The fraction of sp³-hybridized carbons (Fsp3) is 0.167. The minimum Gasteiger partial charge on any atom is -0.489 e. The molecule has 0 spiro atoms. The van der Waals surface area contributed by atoms with Crippen LogP contribution in [0.4, 0.5) is 10.1 Å². The Labute approximate surface area is 222 Å². The van der Waals surface area contributed by atoms with E-state index in [4.69, 9.17) is 4.74 Å². The second-order valence-electron chi connectivity index (χ2n) is 8.88. The Morgan fingerprint density at radius 1 is 0.842 bits per heavy atom. The SMILES string of the molecule is Cc1cccc(N(CC(=O)NCc2ccc(OCc3ccc(F)cc3)cc2)S(=O)(=O)c2ccccc2)c1C. The summed E-state index contributed by atoms with van der Waals surface area (Å²) in [6.45, 7) is 3.92. The lowest BCUT2D eigenvalue weighted by Crippen LogP contribution is -2.41. The number of nitrogens with zero attached hydrogens (tertiary/aromatic N) is 1. The van der Waals surface area contributed by atoms with Gasteiger partial charge in [0.05, 0.1) is 10.6 Å². The van der Waals surface area contributed by atoms with E-state index < -0.39 is 15.9 Å². The van der Waals surface area contributed by atoms with Crippen LogP contribution < -0.4 is 14.4 Å². The summed E-state index contributed by atoms with van der Waals surface area (Å²) in [4.78, 5) is 13.1. The lowest BCUT2D eigenvalue weighted by molar-refractivity contribution is -0.119. The molecular formula is C30H29FN2O4S. The number of carbonyl (C=O) groups excluding carboxylic acids is 1. The maximum atomic E-state index is 13.5. The van der Waals surface area contributed by atoms with Gasteiger partial charge in [-0.1, -0.05) is 54.6 Å². The van der Waals surface area contributed by atoms with E-state index >= 15 is 0 Å². The third-order valence-electron chi connectivity index (χ3n) is 6.19. The number of hydrogen-bond donors (Lipinski definition) is 1. The van der Waals surface area contributed by atoms with Gasteiger partial charge in [-0.15, -0.1) is 0 Å². The molecule has 4 aromatic rings. The van der Waals surface area contributed by atoms with Gasteiger partial charge in [-0.2, -0.15) is 0 Å². The third kappa shape index (κ3) is 6.58. The zero-order chi connectivity index (χ0) is 27.1. The zero-order valence-corrected chi connectivity index (χ0v) is 22.0. The predicted molar refractivity (Wildman–Crippen MR) is 146 cm³/mol. The first kappa shape index (κ1) is 26.9. The summed E-state index contributed by atoms with van der Waals surface area (Å²) in [5.41, 5.74) is 3.86. The molecule has 1 amide bonds. The Morgan fingerprint density at radius 3 is 2.18 bits per heavy atom. The van der Waals surface area contributed by atoms with Crippen molar-refractivity contribution in [1.82, 2.24) is 5.32 Å². The molecular weight excluding hydrogens is 503 g/mol. The van der Waals surface area contributed by atoms with Gasteiger partial charge in [-0.25, -0.2) is 12.8 Å². The summed E-state index contributed by atoms with van der Waals surface area (Å²) in [5.74, 6) is -0.0866. The van der Waals surface area contributed by atoms with E-state index in [1.54, 1.807) is 54.6 Å². The van der Waals surface area contributed by atoms with Crippen LogP contribution >= 0.6 is 0 Å². The number of rotatable bonds is 10. The van der Waals surface area contributed by atoms with Gasteiger partial charge in [-0.05, 0) is 78.6 Å². The zero-order valence-electron chi connectivity index (χ0n) is 21.2. The van der Waals surface area contributed by atoms with E-state index in [1.807, 2.05) is 32.0 Å². The molecule has 4 rings (SSSR count). The molecule has 0 radical (unpaired) electrons. The largest absolute Gasteiger partial charge is 0.489 e. The molecule has 0 aliphatic heterocycles. The van der Waals surface area contributed by atoms with Crippen LogP contribution in [0.15, 0.2) is 102 Å². The first-order chi connectivity index (χ1) is 18.2. The first-order valence-electron chi connectivity index (χ1n) is 12.1. The molecule has 0 heterocycles. The Balaban J connectivity index is 1.42. The fourth-order valence-electron chi connectivity index (χ4n) is 3.86. The van der Waals surface area contributed by atoms with Crippen LogP contribution in [-0.4, -0.2) is 20.9 Å². The van der Waals surface area contributed by atoms with Gasteiger partial charge in [0.2, 0.25) is 5.91 Å². The van der Waals surface area contributed by atoms with Gasteiger partial charge in [0.1, 0.15) is 24.7 Å². The van der Waals surface area contributed by atoms with Crippen molar-refractivity contribution in [2.45, 2.75) is 31.9 Å². The molecule has 0 aromatic heterocycles. The smallest absolute Gasteiger partial charge is 0.264 e. The van der Waals surface area contributed by atoms with Crippen molar-refractivity contribution in [3.05, 3.63) is 125 Å². The Bertz CT molecular complexity index is 1490. The fourth-order valence-corrected chi connectivity index (χ4v) is 5.36. The van der Waals surface area contributed by atoms with Crippen LogP contribution in [0.3, 0.4) is 0 Å². The normalized spacial score (nSPS) is 11.1. The summed E-state index contributed by atoms with van der Waals surface area (Å²) in [7, 11) is -3.97. The maximum absolute atomic E-state index is 13.5. The highest BCUT2D eigenvalue weighted by Gasteiger charge is 2.28. The van der Waals surface area contributed by atoms with Gasteiger partial charge < -0.3 is 10.1 Å². The summed E-state index contributed by atoms with van der Waals surface area (Å²) < 4.78 is 47.0. The van der Waals surface area contributed by atoms with Crippen LogP contribution in [0.2, 0.25) is 0 Å². The van der Waals surface area contributed by atoms with Crippen molar-refractivity contribution in [3.8, 4) is 5.75 Å². The van der Waals surface area contributed by atoms with E-state index in [0.29, 0.717) is 18.0 Å². The average Bonchev–Trinajstić information content (AvgIpc) is 2.93. The molecule has 0 atom stereocenters. The van der Waals surface area contributed by atoms with E-state index in [-0.39, 0.29) is 23.8 Å². The van der Waals surface area contributed by atoms with Gasteiger partial charge in [0.25, 0.3) is 10.0 Å². The average molecular weight is 533 g/mol. The minimum absolute atomic E-state index is 0.116. The molecule has 1 N–H and O–H groups in total. The molecule has 8 heteroatoms. The molecule has 0 unspecified atom stereocenters. The predicted octanol–water partition coefficient (Wildman–Crippen LogP) is 5.53. The van der Waals surface area contributed by atoms with Crippen LogP contribution in [0.5, 0.6) is 5.75 Å². The summed E-state index contributed by atoms with van der Waals surface area (Å²) in [6.07, 6.45) is 0. The number of amides is 1. The van der Waals surface area contributed by atoms with Crippen molar-refractivity contribution in [2.75, 3.05) is 10.8 Å². The van der Waals surface area contributed by atoms with Crippen molar-refractivity contribution in [1.29, 1.82) is 0 Å². The number of benzene rings is 4. The van der Waals surface area contributed by atoms with Gasteiger partial charge in [0.15, 0.2) is 0 Å². The minimum atomic E-state index is -3.97. The first-order valence-corrected chi connectivity index (χ1v) is 13.5. The summed E-state index contributed by atoms with van der Waals surface area (Å²) in [6, 6.07) is 26.8. The van der Waals surface area contributed by atoms with Gasteiger partial charge in [0, 0.05) is 6.54 Å². The van der Waals surface area contributed by atoms with Crippen molar-refractivity contribution in [2.24, 2.45) is 0 Å². The van der Waals surface area contributed by atoms with E-state index in [9.17, 15) is 17.6 Å². The molecule has 0 saturated carbocycles. The number of nitrogens with one attached hydrogen (secondary N) is 1. The number of hydrogen-bond acceptors (Lipinski definition) is 4. The Hall–Kier alpha value is -4.17. The molecule has 6 nitrogen and oxygen atoms in total. The Kier molecular flexibility index (Phi) is 8.43. The highest BCUT2D eigenvalue weighted by Crippen LogP contribution is 2.28. The highest BCUT2D eigenvalue weighted by molar-refractivity contribution is 7.92. The van der Waals surface area contributed by atoms with Crippen LogP contribution in [0, 0.1) is 19.7 Å². The third-order valence-corrected chi connectivity index (χ3v) is 7.97. The molecule has 0 aliphatic rings. The lowest BCUT2D eigenvalue weighted by atomic mass is 10.1. The maximum Gasteiger partial charge on any atom is 0.264 e. The van der Waals surface area contributed by atoms with Crippen LogP contribution in [0.1, 0.15) is 22.3 Å². The van der Waals surface area contributed by atoms with Crippen molar-refractivity contribution >= 4 is 21.6 Å². The number of sulfonamides is 1. The summed E-state index contributed by atoms with van der Waals surface area (Å²) >= 11 is 0. The quantitative estimate of drug-likeness (QED) is 0.291. The monoisotopic (exact) mass is 532 g/mol. The molecule has 38 heavy (non-hydrogen) atoms. The molecule has 0 saturated heterocycles. The van der Waals surface area contributed by atoms with Crippen molar-refractivity contribution < 1.29 is 22.3 Å². The molecule has 0 aliphatic carbocycles. The van der Waals surface area contributed by atoms with E-state index in [2.05, 4.69) is 5.32 Å². The second-order valence-corrected chi connectivity index (χ2v) is 10.7. The topological polar surface area (TPSA) is 75.7 Å².